The van der Waals surface area contributed by atoms with Gasteiger partial charge in [-0.1, -0.05) is 13.8 Å². The van der Waals surface area contributed by atoms with Crippen molar-refractivity contribution in [2.45, 2.75) is 39.2 Å². The first-order chi connectivity index (χ1) is 9.41. The quantitative estimate of drug-likeness (QED) is 0.818. The minimum Gasteiger partial charge on any atom is -0.481 e. The van der Waals surface area contributed by atoms with E-state index in [1.807, 2.05) is 20.2 Å². The van der Waals surface area contributed by atoms with Crippen molar-refractivity contribution in [2.75, 3.05) is 32.1 Å². The van der Waals surface area contributed by atoms with E-state index in [9.17, 15) is 14.7 Å². The van der Waals surface area contributed by atoms with E-state index in [-0.39, 0.29) is 12.1 Å². The largest absolute Gasteiger partial charge is 0.481 e. The van der Waals surface area contributed by atoms with Crippen molar-refractivity contribution in [3.05, 3.63) is 0 Å². The first-order valence-electron chi connectivity index (χ1n) is 7.16. The second-order valence-electron chi connectivity index (χ2n) is 5.52. The second kappa shape index (κ2) is 7.20. The summed E-state index contributed by atoms with van der Waals surface area (Å²) in [5.74, 6) is 0.124. The Morgan fingerprint density at radius 2 is 2.10 bits per heavy atom. The summed E-state index contributed by atoms with van der Waals surface area (Å²) in [5, 5.41) is 9.39. The summed E-state index contributed by atoms with van der Waals surface area (Å²) in [4.78, 5) is 27.4. The number of carboxylic acid groups (broad SMARTS) is 1. The van der Waals surface area contributed by atoms with Gasteiger partial charge in [-0.3, -0.25) is 4.79 Å². The van der Waals surface area contributed by atoms with Crippen molar-refractivity contribution in [1.82, 2.24) is 9.80 Å². The Morgan fingerprint density at radius 1 is 1.45 bits per heavy atom. The van der Waals surface area contributed by atoms with Crippen LogP contribution in [0, 0.1) is 5.41 Å². The van der Waals surface area contributed by atoms with Crippen molar-refractivity contribution in [1.29, 1.82) is 0 Å². The lowest BCUT2D eigenvalue weighted by atomic mass is 9.84. The number of carboxylic acids is 1. The molecule has 1 heterocycles. The molecule has 1 saturated heterocycles. The highest BCUT2D eigenvalue weighted by molar-refractivity contribution is 7.98. The van der Waals surface area contributed by atoms with Gasteiger partial charge < -0.3 is 14.9 Å². The molecule has 0 aliphatic carbocycles. The molecule has 5 nitrogen and oxygen atoms in total. The highest BCUT2D eigenvalue weighted by atomic mass is 32.2. The molecule has 2 atom stereocenters. The monoisotopic (exact) mass is 302 g/mol. The molecule has 1 N–H and O–H groups in total. The van der Waals surface area contributed by atoms with Crippen molar-refractivity contribution >= 4 is 23.8 Å². The maximum atomic E-state index is 12.5. The van der Waals surface area contributed by atoms with Gasteiger partial charge >= 0.3 is 12.0 Å². The van der Waals surface area contributed by atoms with Gasteiger partial charge in [-0.2, -0.15) is 11.8 Å². The predicted molar refractivity (Wildman–Crippen MR) is 82.2 cm³/mol. The molecule has 1 rings (SSSR count). The number of aliphatic carboxylic acids is 1. The summed E-state index contributed by atoms with van der Waals surface area (Å²) < 4.78 is 0. The van der Waals surface area contributed by atoms with Gasteiger partial charge in [0.1, 0.15) is 0 Å². The van der Waals surface area contributed by atoms with E-state index in [1.165, 1.54) is 0 Å². The molecule has 0 aromatic carbocycles. The summed E-state index contributed by atoms with van der Waals surface area (Å²) in [6.07, 6.45) is 4.06. The normalized spacial score (nSPS) is 23.7. The number of nitrogens with zero attached hydrogens (tertiary/aromatic N) is 2. The van der Waals surface area contributed by atoms with Gasteiger partial charge in [0.05, 0.1) is 5.41 Å². The fraction of sp³-hybridized carbons (Fsp3) is 0.857. The zero-order valence-electron chi connectivity index (χ0n) is 12.9. The third kappa shape index (κ3) is 3.40. The number of hydrogen-bond acceptors (Lipinski definition) is 3. The first-order valence-corrected chi connectivity index (χ1v) is 8.55. The molecule has 6 heteroatoms. The number of urea groups is 1. The van der Waals surface area contributed by atoms with E-state index in [2.05, 4.69) is 6.92 Å². The Morgan fingerprint density at radius 3 is 2.50 bits per heavy atom. The number of carbonyl (C=O) groups excluding carboxylic acids is 1. The lowest BCUT2D eigenvalue weighted by Crippen LogP contribution is -2.47. The summed E-state index contributed by atoms with van der Waals surface area (Å²) in [6, 6.07) is 0.168. The number of hydrogen-bond donors (Lipinski definition) is 1. The molecule has 0 aromatic rings. The van der Waals surface area contributed by atoms with Crippen LogP contribution in [0.1, 0.15) is 33.1 Å². The summed E-state index contributed by atoms with van der Waals surface area (Å²) >= 11 is 1.73. The van der Waals surface area contributed by atoms with Crippen molar-refractivity contribution < 1.29 is 14.7 Å². The lowest BCUT2D eigenvalue weighted by Gasteiger charge is -2.31. The Bertz CT molecular complexity index is 364. The zero-order chi connectivity index (χ0) is 15.3. The van der Waals surface area contributed by atoms with Crippen LogP contribution in [-0.2, 0) is 4.79 Å². The van der Waals surface area contributed by atoms with Crippen LogP contribution in [-0.4, -0.2) is 65.1 Å². The predicted octanol–water partition coefficient (Wildman–Crippen LogP) is 2.37. The molecule has 0 bridgehead atoms. The average Bonchev–Trinajstić information content (AvgIpc) is 2.89. The molecular weight excluding hydrogens is 276 g/mol. The minimum atomic E-state index is -0.783. The number of carbonyl (C=O) groups is 2. The Kier molecular flexibility index (Phi) is 6.17. The standard InChI is InChI=1S/C14H26N2O3S/c1-5-11(9-20-4)15(3)13(19)16-8-7-14(6-2,10-16)12(17)18/h11H,5-10H2,1-4H3,(H,17,18). The topological polar surface area (TPSA) is 60.9 Å². The van der Waals surface area contributed by atoms with Gasteiger partial charge in [-0.05, 0) is 25.5 Å². The molecule has 1 aliphatic heterocycles. The van der Waals surface area contributed by atoms with Crippen LogP contribution < -0.4 is 0 Å². The first kappa shape index (κ1) is 17.1. The maximum Gasteiger partial charge on any atom is 0.320 e. The van der Waals surface area contributed by atoms with Crippen LogP contribution >= 0.6 is 11.8 Å². The molecule has 0 radical (unpaired) electrons. The van der Waals surface area contributed by atoms with E-state index >= 15 is 0 Å². The molecular formula is C14H26N2O3S. The van der Waals surface area contributed by atoms with Gasteiger partial charge in [0.2, 0.25) is 0 Å². The maximum absolute atomic E-state index is 12.5. The van der Waals surface area contributed by atoms with Crippen LogP contribution in [0.25, 0.3) is 0 Å². The molecule has 0 aromatic heterocycles. The van der Waals surface area contributed by atoms with Crippen LogP contribution in [0.5, 0.6) is 0 Å². The molecule has 116 valence electrons. The lowest BCUT2D eigenvalue weighted by molar-refractivity contribution is -0.148. The fourth-order valence-electron chi connectivity index (χ4n) is 2.73. The Balaban J connectivity index is 2.72. The highest BCUT2D eigenvalue weighted by Gasteiger charge is 2.45. The second-order valence-corrected chi connectivity index (χ2v) is 6.43. The minimum absolute atomic E-state index is 0.0394. The van der Waals surface area contributed by atoms with Crippen molar-refractivity contribution in [2.24, 2.45) is 5.41 Å². The number of likely N-dealkylation sites (tertiary alicyclic amines) is 1. The molecule has 0 spiro atoms. The third-order valence-electron chi connectivity index (χ3n) is 4.43. The van der Waals surface area contributed by atoms with E-state index in [0.29, 0.717) is 25.9 Å². The van der Waals surface area contributed by atoms with Crippen molar-refractivity contribution in [3.63, 3.8) is 0 Å². The Hall–Kier alpha value is -0.910. The van der Waals surface area contributed by atoms with E-state index in [1.54, 1.807) is 21.6 Å². The average molecular weight is 302 g/mol. The van der Waals surface area contributed by atoms with Crippen molar-refractivity contribution in [3.8, 4) is 0 Å². The van der Waals surface area contributed by atoms with E-state index in [0.717, 1.165) is 12.2 Å². The smallest absolute Gasteiger partial charge is 0.320 e. The third-order valence-corrected chi connectivity index (χ3v) is 5.15. The number of thioether (sulfide) groups is 1. The van der Waals surface area contributed by atoms with Crippen LogP contribution in [0.3, 0.4) is 0 Å². The van der Waals surface area contributed by atoms with E-state index < -0.39 is 11.4 Å². The van der Waals surface area contributed by atoms with Crippen LogP contribution in [0.2, 0.25) is 0 Å². The molecule has 0 saturated carbocycles. The van der Waals surface area contributed by atoms with Gasteiger partial charge in [0.15, 0.2) is 0 Å². The zero-order valence-corrected chi connectivity index (χ0v) is 13.7. The summed E-state index contributed by atoms with van der Waals surface area (Å²) in [5.41, 5.74) is -0.752. The summed E-state index contributed by atoms with van der Waals surface area (Å²) in [6.45, 7) is 4.83. The van der Waals surface area contributed by atoms with Gasteiger partial charge in [0.25, 0.3) is 0 Å². The van der Waals surface area contributed by atoms with Crippen LogP contribution in [0.15, 0.2) is 0 Å². The molecule has 2 amide bonds. The van der Waals surface area contributed by atoms with Gasteiger partial charge in [-0.15, -0.1) is 0 Å². The number of rotatable bonds is 6. The summed E-state index contributed by atoms with van der Waals surface area (Å²) in [7, 11) is 1.82. The van der Waals surface area contributed by atoms with Gasteiger partial charge in [0, 0.05) is 31.9 Å². The highest BCUT2D eigenvalue weighted by Crippen LogP contribution is 2.34. The molecule has 1 aliphatic rings. The van der Waals surface area contributed by atoms with Crippen LogP contribution in [0.4, 0.5) is 4.79 Å². The van der Waals surface area contributed by atoms with Gasteiger partial charge in [-0.25, -0.2) is 4.79 Å². The number of amides is 2. The molecule has 2 unspecified atom stereocenters. The molecule has 20 heavy (non-hydrogen) atoms. The SMILES string of the molecule is CCC(CSC)N(C)C(=O)N1CCC(CC)(C(=O)O)C1. The fourth-order valence-corrected chi connectivity index (χ4v) is 3.57. The Labute approximate surface area is 125 Å². The molecule has 1 fully saturated rings. The van der Waals surface area contributed by atoms with E-state index in [4.69, 9.17) is 0 Å².